The van der Waals surface area contributed by atoms with Crippen LogP contribution in [0.4, 0.5) is 11.5 Å². The van der Waals surface area contributed by atoms with E-state index in [1.165, 1.54) is 15.3 Å². The van der Waals surface area contributed by atoms with E-state index in [2.05, 4.69) is 10.3 Å². The molecule has 3 heterocycles. The van der Waals surface area contributed by atoms with Crippen LogP contribution in [-0.4, -0.2) is 49.2 Å². The number of carbonyl (C=O) groups is 2. The molecule has 1 aromatic heterocycles. The van der Waals surface area contributed by atoms with E-state index in [1.807, 2.05) is 0 Å². The van der Waals surface area contributed by atoms with Gasteiger partial charge in [-0.3, -0.25) is 9.59 Å². The van der Waals surface area contributed by atoms with E-state index in [4.69, 9.17) is 0 Å². The van der Waals surface area contributed by atoms with Gasteiger partial charge in [0.05, 0.1) is 10.3 Å². The van der Waals surface area contributed by atoms with Gasteiger partial charge < -0.3 is 10.2 Å². The second kappa shape index (κ2) is 8.05. The second-order valence-electron chi connectivity index (χ2n) is 8.42. The molecule has 2 aliphatic heterocycles. The Morgan fingerprint density at radius 2 is 1.87 bits per heavy atom. The SMILES string of the molecule is CC1(C)C(=O)N(CC(=O)Nc2ccccn2)c2ccc(S(=O)(=O)N3CCCCC3)cc21. The minimum atomic E-state index is -3.62. The van der Waals surface area contributed by atoms with E-state index in [0.29, 0.717) is 30.2 Å². The fraction of sp³-hybridized carbons (Fsp3) is 0.409. The van der Waals surface area contributed by atoms with Crippen molar-refractivity contribution in [3.63, 3.8) is 0 Å². The zero-order valence-electron chi connectivity index (χ0n) is 17.7. The molecule has 0 atom stereocenters. The number of anilines is 2. The van der Waals surface area contributed by atoms with Gasteiger partial charge >= 0.3 is 0 Å². The molecule has 0 spiro atoms. The quantitative estimate of drug-likeness (QED) is 0.767. The molecule has 1 fully saturated rings. The normalized spacial score (nSPS) is 18.6. The maximum absolute atomic E-state index is 13.1. The Morgan fingerprint density at radius 3 is 2.55 bits per heavy atom. The van der Waals surface area contributed by atoms with Gasteiger partial charge in [0.2, 0.25) is 21.8 Å². The van der Waals surface area contributed by atoms with Gasteiger partial charge in [-0.15, -0.1) is 0 Å². The number of hydrogen-bond donors (Lipinski definition) is 1. The summed E-state index contributed by atoms with van der Waals surface area (Å²) in [5.41, 5.74) is 0.235. The first-order valence-electron chi connectivity index (χ1n) is 10.4. The summed E-state index contributed by atoms with van der Waals surface area (Å²) in [7, 11) is -3.62. The first-order chi connectivity index (χ1) is 14.7. The van der Waals surface area contributed by atoms with E-state index in [1.54, 1.807) is 50.4 Å². The highest BCUT2D eigenvalue weighted by atomic mass is 32.2. The lowest BCUT2D eigenvalue weighted by Gasteiger charge is -2.26. The first kappa shape index (κ1) is 21.5. The van der Waals surface area contributed by atoms with E-state index < -0.39 is 15.4 Å². The zero-order chi connectivity index (χ0) is 22.2. The molecule has 2 amide bonds. The lowest BCUT2D eigenvalue weighted by Crippen LogP contribution is -2.40. The summed E-state index contributed by atoms with van der Waals surface area (Å²) in [5.74, 6) is -0.214. The molecule has 8 nitrogen and oxygen atoms in total. The zero-order valence-corrected chi connectivity index (χ0v) is 18.5. The van der Waals surface area contributed by atoms with Crippen molar-refractivity contribution in [2.45, 2.75) is 43.4 Å². The maximum Gasteiger partial charge on any atom is 0.245 e. The largest absolute Gasteiger partial charge is 0.309 e. The Morgan fingerprint density at radius 1 is 1.13 bits per heavy atom. The molecule has 1 aromatic carbocycles. The second-order valence-corrected chi connectivity index (χ2v) is 10.4. The Balaban J connectivity index is 1.61. The number of sulfonamides is 1. The summed E-state index contributed by atoms with van der Waals surface area (Å²) in [5, 5.41) is 2.68. The monoisotopic (exact) mass is 442 g/mol. The Labute approximate surface area is 182 Å². The fourth-order valence-corrected chi connectivity index (χ4v) is 5.69. The lowest BCUT2D eigenvalue weighted by atomic mass is 9.86. The Kier molecular flexibility index (Phi) is 5.57. The first-order valence-corrected chi connectivity index (χ1v) is 11.8. The predicted octanol–water partition coefficient (Wildman–Crippen LogP) is 2.52. The maximum atomic E-state index is 13.1. The molecule has 4 rings (SSSR count). The van der Waals surface area contributed by atoms with Gasteiger partial charge in [0, 0.05) is 25.0 Å². The summed E-state index contributed by atoms with van der Waals surface area (Å²) in [6, 6.07) is 9.92. The molecule has 9 heteroatoms. The van der Waals surface area contributed by atoms with Gasteiger partial charge in [0.1, 0.15) is 12.4 Å². The number of hydrogen-bond acceptors (Lipinski definition) is 5. The minimum absolute atomic E-state index is 0.177. The molecule has 0 bridgehead atoms. The summed E-state index contributed by atoms with van der Waals surface area (Å²) in [6.45, 7) is 4.36. The number of pyridine rings is 1. The molecule has 31 heavy (non-hydrogen) atoms. The van der Waals surface area contributed by atoms with Crippen molar-refractivity contribution in [2.24, 2.45) is 0 Å². The van der Waals surface area contributed by atoms with Crippen LogP contribution in [-0.2, 0) is 25.0 Å². The van der Waals surface area contributed by atoms with Crippen LogP contribution >= 0.6 is 0 Å². The summed E-state index contributed by atoms with van der Waals surface area (Å²) >= 11 is 0. The topological polar surface area (TPSA) is 99.7 Å². The number of carbonyl (C=O) groups excluding carboxylic acids is 2. The van der Waals surface area contributed by atoms with Crippen LogP contribution < -0.4 is 10.2 Å². The highest BCUT2D eigenvalue weighted by Crippen LogP contribution is 2.42. The number of aromatic nitrogens is 1. The molecule has 164 valence electrons. The van der Waals surface area contributed by atoms with Crippen LogP contribution in [0, 0.1) is 0 Å². The Hall–Kier alpha value is -2.78. The van der Waals surface area contributed by atoms with Gasteiger partial charge in [-0.05, 0) is 62.6 Å². The number of benzene rings is 1. The molecule has 0 saturated carbocycles. The van der Waals surface area contributed by atoms with E-state index in [0.717, 1.165) is 19.3 Å². The number of piperidine rings is 1. The van der Waals surface area contributed by atoms with Crippen molar-refractivity contribution < 1.29 is 18.0 Å². The minimum Gasteiger partial charge on any atom is -0.309 e. The summed E-state index contributed by atoms with van der Waals surface area (Å²) in [6.07, 6.45) is 4.31. The molecule has 0 radical (unpaired) electrons. The lowest BCUT2D eigenvalue weighted by molar-refractivity contribution is -0.124. The third-order valence-electron chi connectivity index (χ3n) is 5.90. The van der Waals surface area contributed by atoms with Crippen molar-refractivity contribution in [2.75, 3.05) is 29.9 Å². The fourth-order valence-electron chi connectivity index (χ4n) is 4.15. The molecular weight excluding hydrogens is 416 g/mol. The van der Waals surface area contributed by atoms with Crippen LogP contribution in [0.1, 0.15) is 38.7 Å². The van der Waals surface area contributed by atoms with E-state index >= 15 is 0 Å². The highest BCUT2D eigenvalue weighted by molar-refractivity contribution is 7.89. The number of nitrogens with one attached hydrogen (secondary N) is 1. The van der Waals surface area contributed by atoms with Crippen molar-refractivity contribution in [3.8, 4) is 0 Å². The van der Waals surface area contributed by atoms with Crippen molar-refractivity contribution in [1.82, 2.24) is 9.29 Å². The molecule has 0 unspecified atom stereocenters. The predicted molar refractivity (Wildman–Crippen MR) is 117 cm³/mol. The number of rotatable bonds is 5. The molecule has 1 N–H and O–H groups in total. The molecule has 0 aliphatic carbocycles. The molecule has 2 aromatic rings. The summed E-state index contributed by atoms with van der Waals surface area (Å²) < 4.78 is 27.7. The van der Waals surface area contributed by atoms with Gasteiger partial charge in [-0.2, -0.15) is 4.31 Å². The number of amides is 2. The highest BCUT2D eigenvalue weighted by Gasteiger charge is 2.45. The third-order valence-corrected chi connectivity index (χ3v) is 7.79. The van der Waals surface area contributed by atoms with Crippen LogP contribution in [0.15, 0.2) is 47.5 Å². The number of fused-ring (bicyclic) bond motifs is 1. The summed E-state index contributed by atoms with van der Waals surface area (Å²) in [4.78, 5) is 31.3. The Bertz CT molecular complexity index is 1110. The molecular formula is C22H26N4O4S. The third kappa shape index (κ3) is 3.95. The standard InChI is InChI=1S/C22H26N4O4S/c1-22(2)17-14-16(31(29,30)25-12-6-3-7-13-25)9-10-18(17)26(21(22)28)15-20(27)24-19-8-4-5-11-23-19/h4-5,8-11,14H,3,6-7,12-13,15H2,1-2H3,(H,23,24,27). The number of nitrogens with zero attached hydrogens (tertiary/aromatic N) is 3. The smallest absolute Gasteiger partial charge is 0.245 e. The van der Waals surface area contributed by atoms with E-state index in [-0.39, 0.29) is 23.3 Å². The van der Waals surface area contributed by atoms with Crippen LogP contribution in [0.25, 0.3) is 0 Å². The van der Waals surface area contributed by atoms with Gasteiger partial charge in [0.25, 0.3) is 0 Å². The van der Waals surface area contributed by atoms with Gasteiger partial charge in [-0.1, -0.05) is 12.5 Å². The average Bonchev–Trinajstić information content (AvgIpc) is 2.95. The van der Waals surface area contributed by atoms with Crippen molar-refractivity contribution >= 4 is 33.3 Å². The molecule has 2 aliphatic rings. The van der Waals surface area contributed by atoms with E-state index in [9.17, 15) is 18.0 Å². The van der Waals surface area contributed by atoms with Gasteiger partial charge in [0.15, 0.2) is 0 Å². The average molecular weight is 443 g/mol. The molecule has 1 saturated heterocycles. The van der Waals surface area contributed by atoms with Crippen molar-refractivity contribution in [3.05, 3.63) is 48.2 Å². The van der Waals surface area contributed by atoms with Gasteiger partial charge in [-0.25, -0.2) is 13.4 Å². The van der Waals surface area contributed by atoms with Crippen LogP contribution in [0.3, 0.4) is 0 Å². The van der Waals surface area contributed by atoms with Crippen LogP contribution in [0.5, 0.6) is 0 Å². The van der Waals surface area contributed by atoms with Crippen LogP contribution in [0.2, 0.25) is 0 Å². The van der Waals surface area contributed by atoms with Crippen molar-refractivity contribution in [1.29, 1.82) is 0 Å².